The van der Waals surface area contributed by atoms with E-state index in [0.717, 1.165) is 23.2 Å². The Morgan fingerprint density at radius 1 is 1.18 bits per heavy atom. The second kappa shape index (κ2) is 7.52. The minimum atomic E-state index is -0.579. The predicted octanol–water partition coefficient (Wildman–Crippen LogP) is 4.00. The molecule has 2 aromatic carbocycles. The van der Waals surface area contributed by atoms with E-state index >= 15 is 0 Å². The number of fused-ring (bicyclic) bond motifs is 1. The number of rotatable bonds is 4. The standard InChI is InChI=1S/C21H17FN2O3S/c1-13-19(28-20(23-13)15-6-8-16(22)9-7-15)21(26)27-12-18(25)24-11-10-14-4-2-3-5-17(14)24/h2-9H,10-12H2,1H3. The van der Waals surface area contributed by atoms with Crippen molar-refractivity contribution in [1.82, 2.24) is 4.98 Å². The van der Waals surface area contributed by atoms with Gasteiger partial charge in [-0.3, -0.25) is 4.79 Å². The molecule has 1 aliphatic heterocycles. The summed E-state index contributed by atoms with van der Waals surface area (Å²) in [4.78, 5) is 31.3. The lowest BCUT2D eigenvalue weighted by Crippen LogP contribution is -2.33. The first-order valence-corrected chi connectivity index (χ1v) is 9.63. The number of anilines is 1. The molecule has 0 spiro atoms. The maximum absolute atomic E-state index is 13.1. The van der Waals surface area contributed by atoms with Gasteiger partial charge in [0.05, 0.1) is 5.69 Å². The summed E-state index contributed by atoms with van der Waals surface area (Å²) < 4.78 is 18.3. The Bertz CT molecular complexity index is 1050. The van der Waals surface area contributed by atoms with Gasteiger partial charge in [-0.2, -0.15) is 0 Å². The number of hydrogen-bond donors (Lipinski definition) is 0. The average Bonchev–Trinajstić information content (AvgIpc) is 3.30. The van der Waals surface area contributed by atoms with E-state index in [-0.39, 0.29) is 18.3 Å². The third-order valence-electron chi connectivity index (χ3n) is 4.59. The minimum Gasteiger partial charge on any atom is -0.451 e. The number of benzene rings is 2. The van der Waals surface area contributed by atoms with E-state index in [9.17, 15) is 14.0 Å². The lowest BCUT2D eigenvalue weighted by Gasteiger charge is -2.17. The molecule has 1 aliphatic rings. The largest absolute Gasteiger partial charge is 0.451 e. The molecule has 2 heterocycles. The summed E-state index contributed by atoms with van der Waals surface area (Å²) in [6, 6.07) is 13.6. The summed E-state index contributed by atoms with van der Waals surface area (Å²) >= 11 is 1.17. The van der Waals surface area contributed by atoms with Crippen LogP contribution in [0.1, 0.15) is 20.9 Å². The molecule has 0 N–H and O–H groups in total. The number of hydrogen-bond acceptors (Lipinski definition) is 5. The van der Waals surface area contributed by atoms with Gasteiger partial charge in [-0.15, -0.1) is 11.3 Å². The summed E-state index contributed by atoms with van der Waals surface area (Å²) in [6.45, 7) is 1.97. The molecular weight excluding hydrogens is 379 g/mol. The Balaban J connectivity index is 1.43. The van der Waals surface area contributed by atoms with Gasteiger partial charge in [0.25, 0.3) is 5.91 Å². The molecule has 0 saturated carbocycles. The van der Waals surface area contributed by atoms with Crippen LogP contribution in [0.25, 0.3) is 10.6 Å². The van der Waals surface area contributed by atoms with E-state index in [1.807, 2.05) is 24.3 Å². The summed E-state index contributed by atoms with van der Waals surface area (Å²) in [5, 5.41) is 0.601. The smallest absolute Gasteiger partial charge is 0.350 e. The number of aryl methyl sites for hydroxylation is 1. The van der Waals surface area contributed by atoms with Gasteiger partial charge in [-0.05, 0) is 49.2 Å². The molecule has 0 radical (unpaired) electrons. The van der Waals surface area contributed by atoms with Crippen molar-refractivity contribution in [2.75, 3.05) is 18.1 Å². The van der Waals surface area contributed by atoms with E-state index in [2.05, 4.69) is 4.98 Å². The van der Waals surface area contributed by atoms with E-state index < -0.39 is 5.97 Å². The van der Waals surface area contributed by atoms with Crippen LogP contribution < -0.4 is 4.90 Å². The highest BCUT2D eigenvalue weighted by Crippen LogP contribution is 2.29. The third kappa shape index (κ3) is 3.53. The molecule has 0 atom stereocenters. The molecule has 1 aromatic heterocycles. The molecule has 0 saturated heterocycles. The van der Waals surface area contributed by atoms with Crippen molar-refractivity contribution in [3.63, 3.8) is 0 Å². The lowest BCUT2D eigenvalue weighted by molar-refractivity contribution is -0.121. The first-order valence-electron chi connectivity index (χ1n) is 8.81. The van der Waals surface area contributed by atoms with Crippen LogP contribution in [0.4, 0.5) is 10.1 Å². The molecule has 4 rings (SSSR count). The summed E-state index contributed by atoms with van der Waals surface area (Å²) in [7, 11) is 0. The molecule has 0 unspecified atom stereocenters. The third-order valence-corrected chi connectivity index (χ3v) is 5.77. The summed E-state index contributed by atoms with van der Waals surface area (Å²) in [6.07, 6.45) is 0.796. The summed E-state index contributed by atoms with van der Waals surface area (Å²) in [5.74, 6) is -1.16. The van der Waals surface area contributed by atoms with Crippen LogP contribution >= 0.6 is 11.3 Å². The maximum Gasteiger partial charge on any atom is 0.350 e. The topological polar surface area (TPSA) is 59.5 Å². The molecule has 0 bridgehead atoms. The number of ether oxygens (including phenoxy) is 1. The van der Waals surface area contributed by atoms with E-state index in [4.69, 9.17) is 4.74 Å². The Labute approximate surface area is 165 Å². The van der Waals surface area contributed by atoms with Crippen LogP contribution in [0.2, 0.25) is 0 Å². The number of thiazole rings is 1. The average molecular weight is 396 g/mol. The summed E-state index contributed by atoms with van der Waals surface area (Å²) in [5.41, 5.74) is 3.23. The van der Waals surface area contributed by atoms with Crippen molar-refractivity contribution < 1.29 is 18.7 Å². The van der Waals surface area contributed by atoms with Crippen molar-refractivity contribution in [2.24, 2.45) is 0 Å². The Kier molecular flexibility index (Phi) is 4.92. The van der Waals surface area contributed by atoms with Crippen LogP contribution in [0.5, 0.6) is 0 Å². The van der Waals surface area contributed by atoms with Crippen LogP contribution in [-0.4, -0.2) is 30.0 Å². The molecule has 142 valence electrons. The van der Waals surface area contributed by atoms with E-state index in [0.29, 0.717) is 22.1 Å². The quantitative estimate of drug-likeness (QED) is 0.626. The minimum absolute atomic E-state index is 0.251. The highest BCUT2D eigenvalue weighted by molar-refractivity contribution is 7.17. The molecule has 3 aromatic rings. The van der Waals surface area contributed by atoms with Crippen LogP contribution in [0, 0.1) is 12.7 Å². The molecule has 0 fully saturated rings. The SMILES string of the molecule is Cc1nc(-c2ccc(F)cc2)sc1C(=O)OCC(=O)N1CCc2ccccc21. The van der Waals surface area contributed by atoms with Gasteiger partial charge >= 0.3 is 5.97 Å². The highest BCUT2D eigenvalue weighted by atomic mass is 32.1. The fourth-order valence-electron chi connectivity index (χ4n) is 3.17. The van der Waals surface area contributed by atoms with E-state index in [1.165, 1.54) is 23.5 Å². The van der Waals surface area contributed by atoms with Crippen LogP contribution in [0.15, 0.2) is 48.5 Å². The number of aromatic nitrogens is 1. The zero-order chi connectivity index (χ0) is 19.7. The van der Waals surface area contributed by atoms with Gasteiger partial charge in [-0.25, -0.2) is 14.2 Å². The van der Waals surface area contributed by atoms with Gasteiger partial charge in [0, 0.05) is 17.8 Å². The van der Waals surface area contributed by atoms with Crippen LogP contribution in [0.3, 0.4) is 0 Å². The maximum atomic E-state index is 13.1. The number of carbonyl (C=O) groups excluding carboxylic acids is 2. The molecule has 5 nitrogen and oxygen atoms in total. The lowest BCUT2D eigenvalue weighted by atomic mass is 10.2. The second-order valence-corrected chi connectivity index (χ2v) is 7.44. The molecule has 28 heavy (non-hydrogen) atoms. The molecule has 0 aliphatic carbocycles. The van der Waals surface area contributed by atoms with Gasteiger partial charge in [-0.1, -0.05) is 18.2 Å². The Hall–Kier alpha value is -3.06. The van der Waals surface area contributed by atoms with Crippen molar-refractivity contribution >= 4 is 28.9 Å². The number of esters is 1. The predicted molar refractivity (Wildman–Crippen MR) is 105 cm³/mol. The van der Waals surface area contributed by atoms with Gasteiger partial charge in [0.2, 0.25) is 0 Å². The second-order valence-electron chi connectivity index (χ2n) is 6.44. The number of amides is 1. The zero-order valence-electron chi connectivity index (χ0n) is 15.1. The van der Waals surface area contributed by atoms with Crippen LogP contribution in [-0.2, 0) is 16.0 Å². The van der Waals surface area contributed by atoms with Crippen molar-refractivity contribution in [3.8, 4) is 10.6 Å². The monoisotopic (exact) mass is 396 g/mol. The van der Waals surface area contributed by atoms with Crippen molar-refractivity contribution in [3.05, 3.63) is 70.5 Å². The normalized spacial score (nSPS) is 12.7. The molecule has 1 amide bonds. The molecular formula is C21H17FN2O3S. The molecule has 7 heteroatoms. The number of nitrogens with zero attached hydrogens (tertiary/aromatic N) is 2. The van der Waals surface area contributed by atoms with Crippen molar-refractivity contribution in [1.29, 1.82) is 0 Å². The number of halogens is 1. The Morgan fingerprint density at radius 3 is 2.71 bits per heavy atom. The highest BCUT2D eigenvalue weighted by Gasteiger charge is 2.26. The van der Waals surface area contributed by atoms with Crippen molar-refractivity contribution in [2.45, 2.75) is 13.3 Å². The fraction of sp³-hybridized carbons (Fsp3) is 0.190. The Morgan fingerprint density at radius 2 is 1.93 bits per heavy atom. The zero-order valence-corrected chi connectivity index (χ0v) is 16.0. The first-order chi connectivity index (χ1) is 13.5. The first kappa shape index (κ1) is 18.3. The number of carbonyl (C=O) groups is 2. The van der Waals surface area contributed by atoms with Gasteiger partial charge in [0.1, 0.15) is 15.7 Å². The van der Waals surface area contributed by atoms with Gasteiger partial charge in [0.15, 0.2) is 6.61 Å². The fourth-order valence-corrected chi connectivity index (χ4v) is 4.14. The van der Waals surface area contributed by atoms with E-state index in [1.54, 1.807) is 24.0 Å². The number of para-hydroxylation sites is 1. The van der Waals surface area contributed by atoms with Gasteiger partial charge < -0.3 is 9.64 Å².